The lowest BCUT2D eigenvalue weighted by Gasteiger charge is -2.37. The molecule has 1 N–H and O–H groups in total. The molecule has 8 nitrogen and oxygen atoms in total. The topological polar surface area (TPSA) is 88.3 Å². The molecule has 8 heteroatoms. The third kappa shape index (κ3) is 5.58. The van der Waals surface area contributed by atoms with Crippen LogP contribution in [0, 0.1) is 10.1 Å². The second-order valence-corrected chi connectivity index (χ2v) is 6.88. The summed E-state index contributed by atoms with van der Waals surface area (Å²) in [5, 5.41) is 21.4. The molecule has 1 atom stereocenters. The van der Waals surface area contributed by atoms with Crippen LogP contribution in [0.4, 0.5) is 11.4 Å². The maximum Gasteiger partial charge on any atom is 0.310 e. The number of rotatable bonds is 9. The number of nitrogens with zero attached hydrogens (tertiary/aromatic N) is 3. The van der Waals surface area contributed by atoms with E-state index in [-0.39, 0.29) is 18.0 Å². The van der Waals surface area contributed by atoms with Crippen LogP contribution in [0.25, 0.3) is 0 Å². The van der Waals surface area contributed by atoms with Crippen molar-refractivity contribution in [3.63, 3.8) is 0 Å². The monoisotopic (exact) mass is 401 g/mol. The number of ether oxygens (including phenoxy) is 2. The van der Waals surface area contributed by atoms with Gasteiger partial charge in [0, 0.05) is 38.8 Å². The van der Waals surface area contributed by atoms with E-state index in [4.69, 9.17) is 9.47 Å². The molecule has 1 aliphatic rings. The summed E-state index contributed by atoms with van der Waals surface area (Å²) in [6.07, 6.45) is -0.725. The number of aliphatic hydroxyl groups is 1. The van der Waals surface area contributed by atoms with Crippen molar-refractivity contribution in [1.29, 1.82) is 0 Å². The van der Waals surface area contributed by atoms with Crippen LogP contribution in [-0.4, -0.2) is 67.0 Å². The molecule has 0 spiro atoms. The van der Waals surface area contributed by atoms with Crippen molar-refractivity contribution in [2.45, 2.75) is 13.0 Å². The average Bonchev–Trinajstić information content (AvgIpc) is 2.74. The van der Waals surface area contributed by atoms with Gasteiger partial charge in [-0.05, 0) is 25.1 Å². The minimum absolute atomic E-state index is 0.0121. The fraction of sp³-hybridized carbons (Fsp3) is 0.429. The first-order valence-corrected chi connectivity index (χ1v) is 9.82. The van der Waals surface area contributed by atoms with Gasteiger partial charge in [-0.2, -0.15) is 0 Å². The zero-order chi connectivity index (χ0) is 20.6. The summed E-state index contributed by atoms with van der Waals surface area (Å²) in [5.74, 6) is 1.07. The van der Waals surface area contributed by atoms with E-state index in [2.05, 4.69) is 15.9 Å². The number of piperazine rings is 1. The molecule has 2 aromatic carbocycles. The Morgan fingerprint density at radius 1 is 1.03 bits per heavy atom. The van der Waals surface area contributed by atoms with Crippen LogP contribution in [0.5, 0.6) is 11.5 Å². The Morgan fingerprint density at radius 3 is 2.38 bits per heavy atom. The molecule has 1 heterocycles. The molecule has 3 rings (SSSR count). The van der Waals surface area contributed by atoms with Crippen LogP contribution in [0.2, 0.25) is 0 Å². The summed E-state index contributed by atoms with van der Waals surface area (Å²) in [6.45, 7) is 6.36. The van der Waals surface area contributed by atoms with Crippen LogP contribution in [-0.2, 0) is 0 Å². The zero-order valence-electron chi connectivity index (χ0n) is 16.6. The molecule has 0 amide bonds. The van der Waals surface area contributed by atoms with E-state index in [1.165, 1.54) is 6.07 Å². The molecule has 0 radical (unpaired) electrons. The highest BCUT2D eigenvalue weighted by Gasteiger charge is 2.22. The highest BCUT2D eigenvalue weighted by Crippen LogP contribution is 2.29. The molecule has 29 heavy (non-hydrogen) atoms. The van der Waals surface area contributed by atoms with Gasteiger partial charge in [0.2, 0.25) is 0 Å². The summed E-state index contributed by atoms with van der Waals surface area (Å²) >= 11 is 0. The first-order valence-electron chi connectivity index (χ1n) is 9.82. The van der Waals surface area contributed by atoms with E-state index in [1.807, 2.05) is 25.1 Å². The summed E-state index contributed by atoms with van der Waals surface area (Å²) in [6, 6.07) is 14.2. The van der Waals surface area contributed by atoms with Gasteiger partial charge in [0.25, 0.3) is 0 Å². The van der Waals surface area contributed by atoms with Crippen LogP contribution in [0.15, 0.2) is 48.5 Å². The van der Waals surface area contributed by atoms with E-state index >= 15 is 0 Å². The fourth-order valence-corrected chi connectivity index (χ4v) is 3.43. The van der Waals surface area contributed by atoms with E-state index < -0.39 is 11.0 Å². The third-order valence-corrected chi connectivity index (χ3v) is 4.84. The predicted octanol–water partition coefficient (Wildman–Crippen LogP) is 2.56. The van der Waals surface area contributed by atoms with Gasteiger partial charge in [0.1, 0.15) is 18.5 Å². The van der Waals surface area contributed by atoms with Crippen molar-refractivity contribution in [3.8, 4) is 11.5 Å². The molecule has 1 unspecified atom stereocenters. The first-order chi connectivity index (χ1) is 14.1. The van der Waals surface area contributed by atoms with Crippen molar-refractivity contribution in [3.05, 3.63) is 58.6 Å². The van der Waals surface area contributed by atoms with Crippen LogP contribution in [0.3, 0.4) is 0 Å². The zero-order valence-corrected chi connectivity index (χ0v) is 16.6. The van der Waals surface area contributed by atoms with Crippen molar-refractivity contribution in [2.75, 3.05) is 50.8 Å². The second kappa shape index (κ2) is 10.1. The number of hydrogen-bond donors (Lipinski definition) is 1. The molecule has 1 fully saturated rings. The molecular weight excluding hydrogens is 374 g/mol. The number of hydrogen-bond acceptors (Lipinski definition) is 7. The van der Waals surface area contributed by atoms with Crippen molar-refractivity contribution in [1.82, 2.24) is 4.90 Å². The smallest absolute Gasteiger partial charge is 0.310 e. The molecule has 0 saturated carbocycles. The van der Waals surface area contributed by atoms with Gasteiger partial charge in [-0.25, -0.2) is 0 Å². The fourth-order valence-electron chi connectivity index (χ4n) is 3.43. The number of β-amino-alcohol motifs (C(OH)–C–C–N with tert-alkyl or cyclic N) is 1. The lowest BCUT2D eigenvalue weighted by Crippen LogP contribution is -2.49. The summed E-state index contributed by atoms with van der Waals surface area (Å²) in [4.78, 5) is 15.0. The van der Waals surface area contributed by atoms with E-state index in [0.717, 1.165) is 37.6 Å². The van der Waals surface area contributed by atoms with Gasteiger partial charge in [-0.1, -0.05) is 24.3 Å². The van der Waals surface area contributed by atoms with Crippen molar-refractivity contribution < 1.29 is 19.5 Å². The molecule has 1 saturated heterocycles. The normalized spacial score (nSPS) is 15.7. The molecule has 0 aromatic heterocycles. The molecule has 0 aliphatic carbocycles. The Morgan fingerprint density at radius 2 is 1.69 bits per heavy atom. The van der Waals surface area contributed by atoms with Crippen LogP contribution in [0.1, 0.15) is 6.92 Å². The van der Waals surface area contributed by atoms with Crippen LogP contribution >= 0.6 is 0 Å². The standard InChI is InChI=1S/C21H27N3O5/c1-2-28-20-9-5-3-7-18(20)23-13-11-22(12-14-23)15-17(25)16-29-21-10-6-4-8-19(21)24(26)27/h3-10,17,25H,2,11-16H2,1H3. The van der Waals surface area contributed by atoms with E-state index in [9.17, 15) is 15.2 Å². The number of nitro groups is 1. The molecule has 2 aromatic rings. The quantitative estimate of drug-likeness (QED) is 0.510. The van der Waals surface area contributed by atoms with Gasteiger partial charge in [-0.15, -0.1) is 0 Å². The maximum atomic E-state index is 11.0. The van der Waals surface area contributed by atoms with Crippen LogP contribution < -0.4 is 14.4 Å². The largest absolute Gasteiger partial charge is 0.492 e. The van der Waals surface area contributed by atoms with Gasteiger partial charge in [0.15, 0.2) is 5.75 Å². The van der Waals surface area contributed by atoms with Gasteiger partial charge in [0.05, 0.1) is 17.2 Å². The number of nitro benzene ring substituents is 1. The Balaban J connectivity index is 1.48. The van der Waals surface area contributed by atoms with Gasteiger partial charge >= 0.3 is 5.69 Å². The van der Waals surface area contributed by atoms with E-state index in [0.29, 0.717) is 13.2 Å². The predicted molar refractivity (Wildman–Crippen MR) is 111 cm³/mol. The number of para-hydroxylation sites is 4. The second-order valence-electron chi connectivity index (χ2n) is 6.88. The number of anilines is 1. The van der Waals surface area contributed by atoms with Gasteiger partial charge < -0.3 is 19.5 Å². The lowest BCUT2D eigenvalue weighted by molar-refractivity contribution is -0.385. The lowest BCUT2D eigenvalue weighted by atomic mass is 10.2. The number of benzene rings is 2. The molecule has 156 valence electrons. The Bertz CT molecular complexity index is 808. The van der Waals surface area contributed by atoms with Crippen molar-refractivity contribution in [2.24, 2.45) is 0 Å². The Kier molecular flexibility index (Phi) is 7.26. The number of aliphatic hydroxyl groups excluding tert-OH is 1. The summed E-state index contributed by atoms with van der Waals surface area (Å²) in [5.41, 5.74) is 0.996. The van der Waals surface area contributed by atoms with Gasteiger partial charge in [-0.3, -0.25) is 15.0 Å². The summed E-state index contributed by atoms with van der Waals surface area (Å²) in [7, 11) is 0. The SMILES string of the molecule is CCOc1ccccc1N1CCN(CC(O)COc2ccccc2[N+](=O)[O-])CC1. The Labute approximate surface area is 170 Å². The molecule has 0 bridgehead atoms. The minimum atomic E-state index is -0.725. The highest BCUT2D eigenvalue weighted by molar-refractivity contribution is 5.58. The van der Waals surface area contributed by atoms with Crippen molar-refractivity contribution >= 4 is 11.4 Å². The molecule has 1 aliphatic heterocycles. The average molecular weight is 401 g/mol. The third-order valence-electron chi connectivity index (χ3n) is 4.84. The maximum absolute atomic E-state index is 11.0. The molecular formula is C21H27N3O5. The highest BCUT2D eigenvalue weighted by atomic mass is 16.6. The first kappa shape index (κ1) is 20.9. The van der Waals surface area contributed by atoms with E-state index in [1.54, 1.807) is 18.2 Å². The minimum Gasteiger partial charge on any atom is -0.492 e. The Hall–Kier alpha value is -2.84. The summed E-state index contributed by atoms with van der Waals surface area (Å²) < 4.78 is 11.2.